The highest BCUT2D eigenvalue weighted by atomic mass is 16.3. The van der Waals surface area contributed by atoms with Crippen LogP contribution in [0, 0.1) is 5.39 Å². The highest BCUT2D eigenvalue weighted by Crippen LogP contribution is 2.08. The first kappa shape index (κ1) is 14.4. The number of rotatable bonds is 9. The van der Waals surface area contributed by atoms with E-state index in [2.05, 4.69) is 11.6 Å². The minimum absolute atomic E-state index is 0.0671. The summed E-state index contributed by atoms with van der Waals surface area (Å²) in [5.41, 5.74) is 0. The number of unbranched alkanes of at least 4 members (excludes halogenated alkanes) is 3. The Morgan fingerprint density at radius 1 is 1.25 bits per heavy atom. The maximum absolute atomic E-state index is 11.3. The normalized spacial score (nSPS) is 10.8. The van der Waals surface area contributed by atoms with Gasteiger partial charge in [0.05, 0.1) is 0 Å². The molecule has 0 bridgehead atoms. The number of carbonyl (C=O) groups excluding carboxylic acids is 1. The van der Waals surface area contributed by atoms with Gasteiger partial charge in [-0.1, -0.05) is 12.5 Å². The van der Waals surface area contributed by atoms with Crippen LogP contribution in [0.15, 0.2) is 24.6 Å². The molecular weight excluding hydrogens is 204 g/mol. The van der Waals surface area contributed by atoms with E-state index in [1.54, 1.807) is 0 Å². The molecule has 0 heterocycles. The average molecular weight is 223 g/mol. The zero-order valence-electron chi connectivity index (χ0n) is 9.56. The van der Waals surface area contributed by atoms with E-state index >= 15 is 0 Å². The second kappa shape index (κ2) is 9.91. The van der Waals surface area contributed by atoms with Gasteiger partial charge in [-0.25, -0.2) is 0 Å². The molecule has 0 amide bonds. The molecule has 0 aliphatic carbocycles. The monoisotopic (exact) mass is 223 g/mol. The summed E-state index contributed by atoms with van der Waals surface area (Å²) in [6.45, 7) is 3.63. The first-order valence-corrected chi connectivity index (χ1v) is 5.55. The largest absolute Gasteiger partial charge is 0.505 e. The molecule has 0 radical (unpaired) electrons. The van der Waals surface area contributed by atoms with Crippen molar-refractivity contribution in [1.82, 2.24) is 0 Å². The number of allylic oxidation sites excluding steroid dienone is 2. The molecule has 0 saturated carbocycles. The lowest BCUT2D eigenvalue weighted by Gasteiger charge is -1.99. The number of aliphatic hydroxyl groups excluding tert-OH is 1. The summed E-state index contributed by atoms with van der Waals surface area (Å²) in [5, 5.41) is 17.2. The number of hydrogen-bond donors (Lipinski definition) is 1. The molecule has 4 nitrogen and oxygen atoms in total. The van der Waals surface area contributed by atoms with E-state index in [9.17, 15) is 4.79 Å². The van der Waals surface area contributed by atoms with E-state index in [1.807, 2.05) is 6.08 Å². The molecule has 0 aromatic carbocycles. The van der Waals surface area contributed by atoms with Crippen molar-refractivity contribution in [2.45, 2.75) is 44.9 Å². The number of aliphatic hydroxyl groups is 1. The Morgan fingerprint density at radius 3 is 2.62 bits per heavy atom. The quantitative estimate of drug-likeness (QED) is 0.280. The molecule has 0 aromatic heterocycles. The number of ketones is 1. The summed E-state index contributed by atoms with van der Waals surface area (Å²) < 4.78 is 0. The van der Waals surface area contributed by atoms with Gasteiger partial charge in [-0.05, 0) is 19.3 Å². The summed E-state index contributed by atoms with van der Waals surface area (Å²) in [6.07, 6.45) is 7.92. The van der Waals surface area contributed by atoms with Crippen molar-refractivity contribution in [2.75, 3.05) is 0 Å². The van der Waals surface area contributed by atoms with E-state index in [0.29, 0.717) is 12.8 Å². The van der Waals surface area contributed by atoms with Crippen LogP contribution in [-0.4, -0.2) is 10.9 Å². The Bertz CT molecular complexity index is 290. The summed E-state index contributed by atoms with van der Waals surface area (Å²) in [5.74, 6) is 0.0685. The van der Waals surface area contributed by atoms with Crippen LogP contribution in [0.2, 0.25) is 0 Å². The van der Waals surface area contributed by atoms with Gasteiger partial charge in [0.1, 0.15) is 5.78 Å². The van der Waals surface area contributed by atoms with Gasteiger partial charge >= 0.3 is 6.20 Å². The minimum atomic E-state index is -0.0671. The molecule has 0 saturated heterocycles. The Kier molecular flexibility index (Phi) is 8.90. The molecule has 0 fully saturated rings. The fourth-order valence-electron chi connectivity index (χ4n) is 1.31. The van der Waals surface area contributed by atoms with Crippen molar-refractivity contribution in [3.63, 3.8) is 0 Å². The maximum Gasteiger partial charge on any atom is 0.387 e. The van der Waals surface area contributed by atoms with Gasteiger partial charge in [0.15, 0.2) is 10.7 Å². The number of diazo groups is 1. The molecule has 16 heavy (non-hydrogen) atoms. The van der Waals surface area contributed by atoms with Crippen LogP contribution in [0.1, 0.15) is 44.9 Å². The lowest BCUT2D eigenvalue weighted by atomic mass is 10.1. The van der Waals surface area contributed by atoms with Crippen LogP contribution in [0.5, 0.6) is 0 Å². The molecule has 0 atom stereocenters. The highest BCUT2D eigenvalue weighted by molar-refractivity contribution is 5.78. The fraction of sp³-hybridized carbons (Fsp3) is 0.583. The Morgan fingerprint density at radius 2 is 2.00 bits per heavy atom. The van der Waals surface area contributed by atoms with Crippen LogP contribution in [0.3, 0.4) is 0 Å². The molecule has 1 N–H and O–H groups in total. The van der Waals surface area contributed by atoms with Gasteiger partial charge in [0.2, 0.25) is 5.39 Å². The summed E-state index contributed by atoms with van der Waals surface area (Å²) in [6, 6.07) is 0. The summed E-state index contributed by atoms with van der Waals surface area (Å²) in [4.78, 5) is 14.0. The maximum atomic E-state index is 11.3. The number of nitrogens with zero attached hydrogens (tertiary/aromatic N) is 2. The Labute approximate surface area is 96.3 Å². The molecule has 4 heteroatoms. The molecule has 0 aliphatic rings. The molecule has 0 rings (SSSR count). The van der Waals surface area contributed by atoms with Crippen molar-refractivity contribution in [3.8, 4) is 0 Å². The Hall–Kier alpha value is -1.63. The number of hydrogen-bond acceptors (Lipinski definition) is 3. The van der Waals surface area contributed by atoms with E-state index < -0.39 is 0 Å². The lowest BCUT2D eigenvalue weighted by Crippen LogP contribution is -1.98. The van der Waals surface area contributed by atoms with Gasteiger partial charge in [-0.3, -0.25) is 4.79 Å². The number of carbonyl (C=O) groups is 1. The van der Waals surface area contributed by atoms with Crippen molar-refractivity contribution >= 4 is 5.78 Å². The van der Waals surface area contributed by atoms with E-state index in [4.69, 9.17) is 10.5 Å². The van der Waals surface area contributed by atoms with E-state index in [1.165, 1.54) is 0 Å². The van der Waals surface area contributed by atoms with Crippen LogP contribution < -0.4 is 0 Å². The Balaban J connectivity index is 3.49. The molecule has 88 valence electrons. The second-order valence-electron chi connectivity index (χ2n) is 3.66. The summed E-state index contributed by atoms with van der Waals surface area (Å²) in [7, 11) is 0. The van der Waals surface area contributed by atoms with E-state index in [0.717, 1.165) is 31.9 Å². The van der Waals surface area contributed by atoms with Gasteiger partial charge in [0, 0.05) is 19.3 Å². The van der Waals surface area contributed by atoms with Crippen LogP contribution in [0.25, 0.3) is 4.98 Å². The summed E-state index contributed by atoms with van der Waals surface area (Å²) >= 11 is 0. The lowest BCUT2D eigenvalue weighted by molar-refractivity contribution is -0.119. The first-order valence-electron chi connectivity index (χ1n) is 5.55. The van der Waals surface area contributed by atoms with Gasteiger partial charge in [-0.15, -0.1) is 6.58 Å². The smallest absolute Gasteiger partial charge is 0.387 e. The number of Topliss-reactive ketones (excluding diaryl/α,β-unsaturated/α-hetero) is 1. The first-order chi connectivity index (χ1) is 7.70. The standard InChI is InChI=1S/C12H18N2O2/c1-2-3-4-5-6-7-11(15)8-9-12(16)10-14-13/h2,10H,1,3-9H2/p+1/b12-10-. The van der Waals surface area contributed by atoms with Crippen molar-refractivity contribution in [1.29, 1.82) is 5.39 Å². The fourth-order valence-corrected chi connectivity index (χ4v) is 1.31. The molecule has 0 unspecified atom stereocenters. The topological polar surface area (TPSA) is 65.4 Å². The third-order valence-electron chi connectivity index (χ3n) is 2.23. The average Bonchev–Trinajstić information content (AvgIpc) is 2.26. The van der Waals surface area contributed by atoms with Crippen LogP contribution >= 0.6 is 0 Å². The molecule has 0 aliphatic heterocycles. The molecule has 0 aromatic rings. The second-order valence-corrected chi connectivity index (χ2v) is 3.66. The van der Waals surface area contributed by atoms with Crippen LogP contribution in [-0.2, 0) is 4.79 Å². The van der Waals surface area contributed by atoms with Crippen molar-refractivity contribution < 1.29 is 9.90 Å². The molecule has 0 spiro atoms. The van der Waals surface area contributed by atoms with Gasteiger partial charge in [-0.2, -0.15) is 0 Å². The van der Waals surface area contributed by atoms with Crippen molar-refractivity contribution in [2.24, 2.45) is 0 Å². The van der Waals surface area contributed by atoms with Gasteiger partial charge < -0.3 is 5.11 Å². The third kappa shape index (κ3) is 8.95. The predicted molar refractivity (Wildman–Crippen MR) is 63.3 cm³/mol. The third-order valence-corrected chi connectivity index (χ3v) is 2.23. The predicted octanol–water partition coefficient (Wildman–Crippen LogP) is 3.72. The van der Waals surface area contributed by atoms with Gasteiger partial charge in [0.25, 0.3) is 0 Å². The molecular formula is C12H19N2O2+. The van der Waals surface area contributed by atoms with E-state index in [-0.39, 0.29) is 18.0 Å². The SMILES string of the molecule is C=CCCCCCC(=O)CC/C(O)=C/[N+]#N. The zero-order valence-corrected chi connectivity index (χ0v) is 9.56. The van der Waals surface area contributed by atoms with Crippen LogP contribution in [0.4, 0.5) is 0 Å². The highest BCUT2D eigenvalue weighted by Gasteiger charge is 2.05. The minimum Gasteiger partial charge on any atom is -0.505 e. The zero-order chi connectivity index (χ0) is 12.2. The van der Waals surface area contributed by atoms with Crippen molar-refractivity contribution in [3.05, 3.63) is 29.6 Å².